The van der Waals surface area contributed by atoms with Crippen molar-refractivity contribution in [3.05, 3.63) is 35.9 Å². The van der Waals surface area contributed by atoms with Gasteiger partial charge in [0, 0.05) is 12.6 Å². The SMILES string of the molecule is CC(C)NCC(O)COC(C(=O)O)c1ccccc1. The molecule has 0 spiro atoms. The summed E-state index contributed by atoms with van der Waals surface area (Å²) in [6.07, 6.45) is -1.78. The highest BCUT2D eigenvalue weighted by atomic mass is 16.5. The molecular weight excluding hydrogens is 246 g/mol. The van der Waals surface area contributed by atoms with Crippen LogP contribution in [0.1, 0.15) is 25.5 Å². The van der Waals surface area contributed by atoms with Gasteiger partial charge in [0.05, 0.1) is 12.7 Å². The highest BCUT2D eigenvalue weighted by molar-refractivity contribution is 5.74. The zero-order chi connectivity index (χ0) is 14.3. The van der Waals surface area contributed by atoms with Crippen molar-refractivity contribution in [2.45, 2.75) is 32.1 Å². The fraction of sp³-hybridized carbons (Fsp3) is 0.500. The van der Waals surface area contributed by atoms with Crippen molar-refractivity contribution in [1.82, 2.24) is 5.32 Å². The number of carboxylic acid groups (broad SMARTS) is 1. The number of aliphatic carboxylic acids is 1. The molecule has 19 heavy (non-hydrogen) atoms. The summed E-state index contributed by atoms with van der Waals surface area (Å²) in [5.74, 6) is -1.06. The first-order valence-electron chi connectivity index (χ1n) is 6.31. The number of benzene rings is 1. The van der Waals surface area contributed by atoms with Crippen molar-refractivity contribution in [2.75, 3.05) is 13.2 Å². The first-order valence-corrected chi connectivity index (χ1v) is 6.31. The molecule has 0 saturated heterocycles. The summed E-state index contributed by atoms with van der Waals surface area (Å²) in [5.41, 5.74) is 0.569. The molecule has 0 amide bonds. The summed E-state index contributed by atoms with van der Waals surface area (Å²) in [5, 5.41) is 21.9. The summed E-state index contributed by atoms with van der Waals surface area (Å²) in [4.78, 5) is 11.2. The van der Waals surface area contributed by atoms with Crippen LogP contribution < -0.4 is 5.32 Å². The Hall–Kier alpha value is -1.43. The average molecular weight is 267 g/mol. The minimum atomic E-state index is -1.06. The van der Waals surface area contributed by atoms with Gasteiger partial charge in [-0.2, -0.15) is 0 Å². The maximum Gasteiger partial charge on any atom is 0.337 e. The lowest BCUT2D eigenvalue weighted by molar-refractivity contribution is -0.152. The van der Waals surface area contributed by atoms with Gasteiger partial charge in [-0.15, -0.1) is 0 Å². The van der Waals surface area contributed by atoms with E-state index in [0.29, 0.717) is 12.1 Å². The minimum Gasteiger partial charge on any atom is -0.479 e. The van der Waals surface area contributed by atoms with Crippen LogP contribution in [0, 0.1) is 0 Å². The lowest BCUT2D eigenvalue weighted by Crippen LogP contribution is -2.35. The molecule has 2 unspecified atom stereocenters. The first-order chi connectivity index (χ1) is 9.00. The quantitative estimate of drug-likeness (QED) is 0.659. The van der Waals surface area contributed by atoms with Gasteiger partial charge >= 0.3 is 5.97 Å². The van der Waals surface area contributed by atoms with E-state index in [1.54, 1.807) is 24.3 Å². The number of ether oxygens (including phenoxy) is 1. The Morgan fingerprint density at radius 2 is 1.95 bits per heavy atom. The van der Waals surface area contributed by atoms with Crippen molar-refractivity contribution < 1.29 is 19.7 Å². The normalized spacial score (nSPS) is 14.3. The van der Waals surface area contributed by atoms with Crippen LogP contribution in [0.2, 0.25) is 0 Å². The summed E-state index contributed by atoms with van der Waals surface area (Å²) < 4.78 is 5.29. The van der Waals surface area contributed by atoms with E-state index in [9.17, 15) is 9.90 Å². The van der Waals surface area contributed by atoms with Crippen molar-refractivity contribution in [1.29, 1.82) is 0 Å². The molecule has 0 radical (unpaired) electrons. The molecule has 0 fully saturated rings. The maximum absolute atomic E-state index is 11.2. The van der Waals surface area contributed by atoms with Crippen LogP contribution in [0.4, 0.5) is 0 Å². The second-order valence-corrected chi connectivity index (χ2v) is 4.68. The number of nitrogens with one attached hydrogen (secondary N) is 1. The van der Waals surface area contributed by atoms with Crippen molar-refractivity contribution in [3.8, 4) is 0 Å². The van der Waals surface area contributed by atoms with Crippen LogP contribution in [0.5, 0.6) is 0 Å². The number of rotatable bonds is 8. The van der Waals surface area contributed by atoms with Crippen LogP contribution >= 0.6 is 0 Å². The standard InChI is InChI=1S/C14H21NO4/c1-10(2)15-8-12(16)9-19-13(14(17)18)11-6-4-3-5-7-11/h3-7,10,12-13,15-16H,8-9H2,1-2H3,(H,17,18). The van der Waals surface area contributed by atoms with Crippen molar-refractivity contribution in [2.24, 2.45) is 0 Å². The summed E-state index contributed by atoms with van der Waals surface area (Å²) in [6, 6.07) is 8.97. The average Bonchev–Trinajstić information content (AvgIpc) is 2.37. The van der Waals surface area contributed by atoms with E-state index in [1.807, 2.05) is 19.9 Å². The second-order valence-electron chi connectivity index (χ2n) is 4.68. The Balaban J connectivity index is 2.49. The molecule has 0 saturated carbocycles. The van der Waals surface area contributed by atoms with Crippen LogP contribution in [0.15, 0.2) is 30.3 Å². The van der Waals surface area contributed by atoms with Crippen LogP contribution in [0.3, 0.4) is 0 Å². The van der Waals surface area contributed by atoms with Gasteiger partial charge in [0.2, 0.25) is 0 Å². The van der Waals surface area contributed by atoms with Gasteiger partial charge < -0.3 is 20.3 Å². The van der Waals surface area contributed by atoms with Gasteiger partial charge in [-0.25, -0.2) is 4.79 Å². The summed E-state index contributed by atoms with van der Waals surface area (Å²) in [6.45, 7) is 4.29. The maximum atomic E-state index is 11.2. The van der Waals surface area contributed by atoms with Gasteiger partial charge in [0.25, 0.3) is 0 Å². The molecule has 0 aliphatic carbocycles. The third-order valence-electron chi connectivity index (χ3n) is 2.54. The first kappa shape index (κ1) is 15.6. The number of hydrogen-bond acceptors (Lipinski definition) is 4. The lowest BCUT2D eigenvalue weighted by Gasteiger charge is -2.18. The third-order valence-corrected chi connectivity index (χ3v) is 2.54. The molecular formula is C14H21NO4. The Labute approximate surface area is 113 Å². The molecule has 3 N–H and O–H groups in total. The zero-order valence-corrected chi connectivity index (χ0v) is 11.2. The molecule has 106 valence electrons. The Morgan fingerprint density at radius 3 is 2.47 bits per heavy atom. The van der Waals surface area contributed by atoms with Gasteiger partial charge in [0.15, 0.2) is 6.10 Å². The molecule has 0 aliphatic heterocycles. The Kier molecular flexibility index (Phi) is 6.49. The summed E-state index contributed by atoms with van der Waals surface area (Å²) in [7, 11) is 0. The monoisotopic (exact) mass is 267 g/mol. The van der Waals surface area contributed by atoms with E-state index in [1.165, 1.54) is 0 Å². The molecule has 2 atom stereocenters. The molecule has 0 aromatic heterocycles. The van der Waals surface area contributed by atoms with E-state index in [2.05, 4.69) is 5.32 Å². The predicted octanol–water partition coefficient (Wildman–Crippen LogP) is 1.19. The van der Waals surface area contributed by atoms with Crippen LogP contribution in [-0.4, -0.2) is 41.5 Å². The van der Waals surface area contributed by atoms with Crippen molar-refractivity contribution in [3.63, 3.8) is 0 Å². The molecule has 1 aromatic rings. The molecule has 5 nitrogen and oxygen atoms in total. The van der Waals surface area contributed by atoms with E-state index in [0.717, 1.165) is 0 Å². The van der Waals surface area contributed by atoms with Crippen LogP contribution in [0.25, 0.3) is 0 Å². The van der Waals surface area contributed by atoms with E-state index in [-0.39, 0.29) is 12.6 Å². The number of carboxylic acids is 1. The van der Waals surface area contributed by atoms with E-state index >= 15 is 0 Å². The molecule has 5 heteroatoms. The molecule has 0 aliphatic rings. The summed E-state index contributed by atoms with van der Waals surface area (Å²) >= 11 is 0. The number of aliphatic hydroxyl groups is 1. The largest absolute Gasteiger partial charge is 0.479 e. The predicted molar refractivity (Wildman–Crippen MR) is 71.9 cm³/mol. The molecule has 1 rings (SSSR count). The number of hydrogen-bond donors (Lipinski definition) is 3. The van der Waals surface area contributed by atoms with Gasteiger partial charge in [0.1, 0.15) is 0 Å². The highest BCUT2D eigenvalue weighted by Gasteiger charge is 2.21. The number of carbonyl (C=O) groups is 1. The Bertz CT molecular complexity index is 380. The van der Waals surface area contributed by atoms with Crippen LogP contribution in [-0.2, 0) is 9.53 Å². The topological polar surface area (TPSA) is 78.8 Å². The van der Waals surface area contributed by atoms with Crippen molar-refractivity contribution >= 4 is 5.97 Å². The molecule has 1 aromatic carbocycles. The van der Waals surface area contributed by atoms with E-state index < -0.39 is 18.2 Å². The molecule has 0 heterocycles. The third kappa shape index (κ3) is 5.83. The van der Waals surface area contributed by atoms with Gasteiger partial charge in [-0.1, -0.05) is 44.2 Å². The smallest absolute Gasteiger partial charge is 0.337 e. The lowest BCUT2D eigenvalue weighted by atomic mass is 10.1. The number of aliphatic hydroxyl groups excluding tert-OH is 1. The van der Waals surface area contributed by atoms with E-state index in [4.69, 9.17) is 9.84 Å². The molecule has 0 bridgehead atoms. The van der Waals surface area contributed by atoms with Gasteiger partial charge in [-0.05, 0) is 5.56 Å². The second kappa shape index (κ2) is 7.89. The van der Waals surface area contributed by atoms with Gasteiger partial charge in [-0.3, -0.25) is 0 Å². The zero-order valence-electron chi connectivity index (χ0n) is 11.2. The Morgan fingerprint density at radius 1 is 1.32 bits per heavy atom. The minimum absolute atomic E-state index is 0.0222. The fourth-order valence-corrected chi connectivity index (χ4v) is 1.58. The fourth-order valence-electron chi connectivity index (χ4n) is 1.58. The highest BCUT2D eigenvalue weighted by Crippen LogP contribution is 2.17.